The van der Waals surface area contributed by atoms with Gasteiger partial charge < -0.3 is 9.73 Å². The zero-order chi connectivity index (χ0) is 15.1. The van der Waals surface area contributed by atoms with Crippen molar-refractivity contribution in [2.45, 2.75) is 32.7 Å². The molecule has 1 aliphatic rings. The van der Waals surface area contributed by atoms with Gasteiger partial charge in [-0.1, -0.05) is 17.6 Å². The minimum absolute atomic E-state index is 0.107. The van der Waals surface area contributed by atoms with Crippen LogP contribution in [-0.4, -0.2) is 36.5 Å². The fourth-order valence-corrected chi connectivity index (χ4v) is 2.42. The molecule has 4 nitrogen and oxygen atoms in total. The molecule has 21 heavy (non-hydrogen) atoms. The van der Waals surface area contributed by atoms with Gasteiger partial charge >= 0.3 is 0 Å². The summed E-state index contributed by atoms with van der Waals surface area (Å²) < 4.78 is 5.09. The number of amides is 1. The van der Waals surface area contributed by atoms with E-state index in [1.807, 2.05) is 13.8 Å². The Morgan fingerprint density at radius 3 is 3.05 bits per heavy atom. The van der Waals surface area contributed by atoms with Crippen LogP contribution in [0.15, 0.2) is 34.5 Å². The summed E-state index contributed by atoms with van der Waals surface area (Å²) in [6, 6.07) is 3.50. The van der Waals surface area contributed by atoms with Crippen molar-refractivity contribution in [2.75, 3.05) is 19.6 Å². The van der Waals surface area contributed by atoms with Gasteiger partial charge in [0.05, 0.1) is 12.8 Å². The van der Waals surface area contributed by atoms with Crippen molar-refractivity contribution < 1.29 is 9.21 Å². The van der Waals surface area contributed by atoms with E-state index in [-0.39, 0.29) is 11.9 Å². The van der Waals surface area contributed by atoms with Crippen LogP contribution in [0.3, 0.4) is 0 Å². The highest BCUT2D eigenvalue weighted by Crippen LogP contribution is 2.16. The summed E-state index contributed by atoms with van der Waals surface area (Å²) in [5.74, 6) is 6.23. The highest BCUT2D eigenvalue weighted by molar-refractivity contribution is 5.91. The van der Waals surface area contributed by atoms with Crippen molar-refractivity contribution in [3.05, 3.63) is 35.8 Å². The van der Waals surface area contributed by atoms with Crippen LogP contribution in [-0.2, 0) is 0 Å². The first-order valence-corrected chi connectivity index (χ1v) is 7.33. The molecule has 0 aromatic carbocycles. The number of nitrogens with one attached hydrogen (secondary N) is 1. The molecule has 2 rings (SSSR count). The van der Waals surface area contributed by atoms with E-state index in [2.05, 4.69) is 28.1 Å². The Labute approximate surface area is 126 Å². The molecule has 112 valence electrons. The zero-order valence-corrected chi connectivity index (χ0v) is 12.7. The third-order valence-corrected chi connectivity index (χ3v) is 3.56. The van der Waals surface area contributed by atoms with Gasteiger partial charge in [-0.2, -0.15) is 0 Å². The van der Waals surface area contributed by atoms with Crippen LogP contribution in [0.5, 0.6) is 0 Å². The maximum Gasteiger partial charge on any atom is 0.287 e. The average molecular weight is 286 g/mol. The number of carbonyl (C=O) groups excluding carboxylic acids is 1. The van der Waals surface area contributed by atoms with Crippen LogP contribution < -0.4 is 5.32 Å². The molecule has 0 saturated heterocycles. The predicted molar refractivity (Wildman–Crippen MR) is 82.8 cm³/mol. The molecule has 1 aromatic rings. The quantitative estimate of drug-likeness (QED) is 0.668. The minimum atomic E-state index is -0.149. The molecule has 0 aliphatic carbocycles. The first-order valence-electron chi connectivity index (χ1n) is 7.33. The zero-order valence-electron chi connectivity index (χ0n) is 12.7. The Hall–Kier alpha value is -1.99. The molecule has 4 heteroatoms. The summed E-state index contributed by atoms with van der Waals surface area (Å²) in [6.07, 6.45) is 5.71. The van der Waals surface area contributed by atoms with E-state index in [4.69, 9.17) is 4.42 Å². The van der Waals surface area contributed by atoms with Crippen LogP contribution >= 0.6 is 0 Å². The van der Waals surface area contributed by atoms with Crippen molar-refractivity contribution >= 4 is 5.91 Å². The van der Waals surface area contributed by atoms with E-state index >= 15 is 0 Å². The van der Waals surface area contributed by atoms with Gasteiger partial charge in [0.25, 0.3) is 5.91 Å². The smallest absolute Gasteiger partial charge is 0.287 e. The summed E-state index contributed by atoms with van der Waals surface area (Å²) in [4.78, 5) is 14.2. The summed E-state index contributed by atoms with van der Waals surface area (Å²) in [5.41, 5.74) is 1.41. The lowest BCUT2D eigenvalue weighted by molar-refractivity contribution is 0.0912. The second-order valence-corrected chi connectivity index (χ2v) is 5.33. The first kappa shape index (κ1) is 15.4. The number of rotatable bonds is 5. The molecule has 1 unspecified atom stereocenters. The van der Waals surface area contributed by atoms with E-state index in [1.54, 1.807) is 12.1 Å². The molecule has 0 spiro atoms. The lowest BCUT2D eigenvalue weighted by Crippen LogP contribution is -2.34. The number of nitrogens with zero attached hydrogens (tertiary/aromatic N) is 1. The summed E-state index contributed by atoms with van der Waals surface area (Å²) in [7, 11) is 0. The van der Waals surface area contributed by atoms with Gasteiger partial charge in [-0.3, -0.25) is 9.69 Å². The monoisotopic (exact) mass is 286 g/mol. The molecule has 1 aliphatic heterocycles. The van der Waals surface area contributed by atoms with Crippen LogP contribution in [0, 0.1) is 11.8 Å². The van der Waals surface area contributed by atoms with Gasteiger partial charge in [0, 0.05) is 19.1 Å². The largest absolute Gasteiger partial charge is 0.459 e. The summed E-state index contributed by atoms with van der Waals surface area (Å²) in [5, 5.41) is 2.97. The number of furan rings is 1. The van der Waals surface area contributed by atoms with E-state index in [0.29, 0.717) is 5.76 Å². The second-order valence-electron chi connectivity index (χ2n) is 5.33. The lowest BCUT2D eigenvalue weighted by Gasteiger charge is -2.25. The van der Waals surface area contributed by atoms with E-state index in [0.717, 1.165) is 32.5 Å². The van der Waals surface area contributed by atoms with Gasteiger partial charge in [-0.15, -0.1) is 5.92 Å². The molecule has 0 saturated carbocycles. The molecule has 2 heterocycles. The SMILES string of the molecule is CC#CCN1CC=C(CC(C)NC(=O)c2ccco2)CC1. The van der Waals surface area contributed by atoms with Crippen LogP contribution in [0.4, 0.5) is 0 Å². The Morgan fingerprint density at radius 2 is 2.43 bits per heavy atom. The fraction of sp³-hybridized carbons (Fsp3) is 0.471. The molecule has 0 radical (unpaired) electrons. The van der Waals surface area contributed by atoms with Crippen LogP contribution in [0.1, 0.15) is 37.2 Å². The normalized spacial score (nSPS) is 16.6. The van der Waals surface area contributed by atoms with Crippen LogP contribution in [0.25, 0.3) is 0 Å². The van der Waals surface area contributed by atoms with Crippen LogP contribution in [0.2, 0.25) is 0 Å². The molecule has 0 fully saturated rings. The third-order valence-electron chi connectivity index (χ3n) is 3.56. The molecular formula is C17H22N2O2. The highest BCUT2D eigenvalue weighted by atomic mass is 16.3. The molecule has 1 amide bonds. The predicted octanol–water partition coefficient (Wildman–Crippen LogP) is 2.44. The van der Waals surface area contributed by atoms with Crippen molar-refractivity contribution in [2.24, 2.45) is 0 Å². The molecule has 1 aromatic heterocycles. The standard InChI is InChI=1S/C17H22N2O2/c1-3-4-9-19-10-7-15(8-11-19)13-14(2)18-17(20)16-6-5-12-21-16/h5-7,12,14H,8-11,13H2,1-2H3,(H,18,20). The molecule has 1 atom stereocenters. The van der Waals surface area contributed by atoms with Crippen molar-refractivity contribution in [3.63, 3.8) is 0 Å². The van der Waals surface area contributed by atoms with Crippen molar-refractivity contribution in [3.8, 4) is 11.8 Å². The maximum atomic E-state index is 11.9. The maximum absolute atomic E-state index is 11.9. The molecule has 1 N–H and O–H groups in total. The van der Waals surface area contributed by atoms with E-state index < -0.39 is 0 Å². The Bertz CT molecular complexity index is 549. The molecule has 0 bridgehead atoms. The Kier molecular flexibility index (Phi) is 5.65. The van der Waals surface area contributed by atoms with Gasteiger partial charge in [-0.05, 0) is 38.8 Å². The first-order chi connectivity index (χ1) is 10.2. The van der Waals surface area contributed by atoms with E-state index in [1.165, 1.54) is 11.8 Å². The van der Waals surface area contributed by atoms with Gasteiger partial charge in [0.1, 0.15) is 0 Å². The van der Waals surface area contributed by atoms with Crippen molar-refractivity contribution in [1.29, 1.82) is 0 Å². The van der Waals surface area contributed by atoms with Crippen molar-refractivity contribution in [1.82, 2.24) is 10.2 Å². The van der Waals surface area contributed by atoms with E-state index in [9.17, 15) is 4.79 Å². The highest BCUT2D eigenvalue weighted by Gasteiger charge is 2.16. The third kappa shape index (κ3) is 4.80. The second kappa shape index (κ2) is 7.70. The van der Waals surface area contributed by atoms with Gasteiger partial charge in [0.15, 0.2) is 5.76 Å². The Morgan fingerprint density at radius 1 is 1.57 bits per heavy atom. The fourth-order valence-electron chi connectivity index (χ4n) is 2.42. The Balaban J connectivity index is 1.78. The number of carbonyl (C=O) groups is 1. The lowest BCUT2D eigenvalue weighted by atomic mass is 10.0. The summed E-state index contributed by atoms with van der Waals surface area (Å²) in [6.45, 7) is 6.72. The summed E-state index contributed by atoms with van der Waals surface area (Å²) >= 11 is 0. The molecular weight excluding hydrogens is 264 g/mol. The van der Waals surface area contributed by atoms with Gasteiger partial charge in [-0.25, -0.2) is 0 Å². The number of hydrogen-bond acceptors (Lipinski definition) is 3. The topological polar surface area (TPSA) is 45.5 Å². The number of hydrogen-bond donors (Lipinski definition) is 1. The average Bonchev–Trinajstić information content (AvgIpc) is 3.01. The minimum Gasteiger partial charge on any atom is -0.459 e. The van der Waals surface area contributed by atoms with Gasteiger partial charge in [0.2, 0.25) is 0 Å².